The summed E-state index contributed by atoms with van der Waals surface area (Å²) in [5.74, 6) is -2.25. The van der Waals surface area contributed by atoms with Gasteiger partial charge >= 0.3 is 10.8 Å². The van der Waals surface area contributed by atoms with Crippen LogP contribution in [0.5, 0.6) is 5.75 Å². The van der Waals surface area contributed by atoms with E-state index >= 15 is 0 Å². The normalized spacial score (nSPS) is 28.4. The zero-order valence-electron chi connectivity index (χ0n) is 22.6. The Labute approximate surface area is 261 Å². The number of aromatic nitrogens is 1. The topological polar surface area (TPSA) is 149 Å². The van der Waals surface area contributed by atoms with E-state index in [0.717, 1.165) is 31.3 Å². The van der Waals surface area contributed by atoms with E-state index in [1.54, 1.807) is 24.8 Å². The van der Waals surface area contributed by atoms with Crippen LogP contribution in [-0.4, -0.2) is 46.2 Å². The predicted molar refractivity (Wildman–Crippen MR) is 160 cm³/mol. The first-order valence-electron chi connectivity index (χ1n) is 13.8. The summed E-state index contributed by atoms with van der Waals surface area (Å²) in [4.78, 5) is 68.0. The van der Waals surface area contributed by atoms with Crippen LogP contribution in [0.4, 0.5) is 11.4 Å². The van der Waals surface area contributed by atoms with Gasteiger partial charge in [0.2, 0.25) is 11.8 Å². The number of benzene rings is 2. The number of anilines is 1. The van der Waals surface area contributed by atoms with E-state index in [-0.39, 0.29) is 64.5 Å². The van der Waals surface area contributed by atoms with Crippen molar-refractivity contribution in [1.29, 1.82) is 0 Å². The van der Waals surface area contributed by atoms with Crippen molar-refractivity contribution in [3.8, 4) is 5.75 Å². The summed E-state index contributed by atoms with van der Waals surface area (Å²) in [5, 5.41) is 11.9. The molecule has 7 atom stereocenters. The maximum absolute atomic E-state index is 14.0. The Balaban J connectivity index is 1.28. The Kier molecular flexibility index (Phi) is 6.97. The number of nitrogens with zero attached hydrogens (tertiary/aromatic N) is 2. The predicted octanol–water partition coefficient (Wildman–Crippen LogP) is 4.73. The zero-order chi connectivity index (χ0) is 30.2. The summed E-state index contributed by atoms with van der Waals surface area (Å²) in [6, 6.07) is 11.0. The van der Waals surface area contributed by atoms with Gasteiger partial charge in [-0.2, -0.15) is 0 Å². The number of nitro benzene ring substituents is 1. The third-order valence-electron chi connectivity index (χ3n) is 9.00. The average molecular weight is 687 g/mol. The van der Waals surface area contributed by atoms with Crippen LogP contribution in [-0.2, 0) is 19.1 Å². The lowest BCUT2D eigenvalue weighted by atomic mass is 9.68. The van der Waals surface area contributed by atoms with Crippen LogP contribution in [0.2, 0.25) is 0 Å². The zero-order valence-corrected chi connectivity index (χ0v) is 25.8. The van der Waals surface area contributed by atoms with Gasteiger partial charge in [0.15, 0.2) is 6.61 Å². The molecule has 6 unspecified atom stereocenters. The first-order valence-corrected chi connectivity index (χ1v) is 16.3. The molecular weight excluding hydrogens is 662 g/mol. The molecule has 4 aliphatic rings. The number of amides is 2. The smallest absolute Gasteiger partial charge is 0.344 e. The van der Waals surface area contributed by atoms with E-state index in [4.69, 9.17) is 9.47 Å². The first kappa shape index (κ1) is 28.3. The van der Waals surface area contributed by atoms with Crippen LogP contribution < -0.4 is 14.5 Å². The number of carbonyl (C=O) groups excluding carboxylic acids is 3. The van der Waals surface area contributed by atoms with E-state index < -0.39 is 22.7 Å². The molecule has 43 heavy (non-hydrogen) atoms. The summed E-state index contributed by atoms with van der Waals surface area (Å²) in [5.41, 5.74) is 0.994. The highest BCUT2D eigenvalue weighted by molar-refractivity contribution is 9.10. The molecule has 3 heterocycles. The lowest BCUT2D eigenvalue weighted by Gasteiger charge is -2.43. The van der Waals surface area contributed by atoms with Gasteiger partial charge in [0.25, 0.3) is 5.69 Å². The van der Waals surface area contributed by atoms with Gasteiger partial charge in [0, 0.05) is 38.2 Å². The van der Waals surface area contributed by atoms with Crippen molar-refractivity contribution in [3.63, 3.8) is 0 Å². The van der Waals surface area contributed by atoms with Gasteiger partial charge in [-0.25, -0.2) is 4.79 Å². The molecule has 1 saturated heterocycles. The maximum Gasteiger partial charge on any atom is 0.344 e. The summed E-state index contributed by atoms with van der Waals surface area (Å²) in [6.45, 7) is 1.68. The molecule has 2 aliphatic heterocycles. The van der Waals surface area contributed by atoms with Gasteiger partial charge in [0.05, 0.1) is 34.1 Å². The van der Waals surface area contributed by atoms with E-state index in [1.165, 1.54) is 29.2 Å². The van der Waals surface area contributed by atoms with Gasteiger partial charge in [0.1, 0.15) is 5.75 Å². The third kappa shape index (κ3) is 4.44. The minimum absolute atomic E-state index is 0.0422. The van der Waals surface area contributed by atoms with Gasteiger partial charge in [-0.3, -0.25) is 29.4 Å². The molecule has 0 spiro atoms. The molecule has 3 aromatic rings. The van der Waals surface area contributed by atoms with E-state index in [2.05, 4.69) is 20.9 Å². The van der Waals surface area contributed by atoms with Gasteiger partial charge < -0.3 is 14.5 Å². The van der Waals surface area contributed by atoms with Crippen molar-refractivity contribution in [2.75, 3.05) is 18.1 Å². The number of imide groups is 1. The molecule has 0 radical (unpaired) electrons. The van der Waals surface area contributed by atoms with Crippen LogP contribution in [0, 0.1) is 39.7 Å². The van der Waals surface area contributed by atoms with Crippen molar-refractivity contribution >= 4 is 68.2 Å². The van der Waals surface area contributed by atoms with Crippen LogP contribution in [0.25, 0.3) is 0 Å². The quantitative estimate of drug-likeness (QED) is 0.161. The highest BCUT2D eigenvalue weighted by Gasteiger charge is 2.69. The molecule has 14 heteroatoms. The second kappa shape index (κ2) is 10.6. The Morgan fingerprint density at radius 3 is 2.53 bits per heavy atom. The Morgan fingerprint density at radius 1 is 1.12 bits per heavy atom. The summed E-state index contributed by atoms with van der Waals surface area (Å²) >= 11 is 6.27. The molecule has 2 amide bonds. The molecule has 7 rings (SSSR count). The number of thioether (sulfide) groups is 1. The number of halogens is 1. The number of hydrogen-bond donors (Lipinski definition) is 1. The molecule has 2 aliphatic carbocycles. The Hall–Kier alpha value is -3.49. The van der Waals surface area contributed by atoms with E-state index in [0.29, 0.717) is 17.9 Å². The number of nitrogens with one attached hydrogen (secondary N) is 1. The highest BCUT2D eigenvalue weighted by Crippen LogP contribution is 2.69. The molecule has 2 aromatic carbocycles. The SMILES string of the molecule is CCOC(=O)COc1ccc(Br)cc1[C@H]1c2sc(=O)[nH]c2SC2C3CC(C4C(=O)N(c5ccc([N+](=O)[O-])cc5)C(=O)C34)C21. The fraction of sp³-hybridized carbons (Fsp3) is 0.379. The molecule has 2 bridgehead atoms. The monoisotopic (exact) mass is 685 g/mol. The number of ether oxygens (including phenoxy) is 2. The number of thiazole rings is 1. The van der Waals surface area contributed by atoms with Crippen LogP contribution in [0.15, 0.2) is 56.8 Å². The summed E-state index contributed by atoms with van der Waals surface area (Å²) < 4.78 is 11.8. The second-order valence-corrected chi connectivity index (χ2v) is 14.1. The molecular formula is C29H24BrN3O8S2. The number of nitro groups is 1. The molecule has 1 N–H and O–H groups in total. The summed E-state index contributed by atoms with van der Waals surface area (Å²) in [6.07, 6.45) is 0.700. The molecule has 3 fully saturated rings. The van der Waals surface area contributed by atoms with Crippen molar-refractivity contribution < 1.29 is 28.8 Å². The largest absolute Gasteiger partial charge is 0.482 e. The van der Waals surface area contributed by atoms with Crippen molar-refractivity contribution in [3.05, 3.63) is 77.2 Å². The minimum atomic E-state index is -0.537. The Morgan fingerprint density at radius 2 is 1.84 bits per heavy atom. The number of H-pyrrole nitrogens is 1. The number of esters is 1. The fourth-order valence-corrected chi connectivity index (χ4v) is 10.8. The maximum atomic E-state index is 14.0. The molecule has 1 aromatic heterocycles. The number of fused-ring (bicyclic) bond motifs is 9. The molecule has 222 valence electrons. The van der Waals surface area contributed by atoms with Crippen LogP contribution >= 0.6 is 39.0 Å². The van der Waals surface area contributed by atoms with Gasteiger partial charge in [-0.15, -0.1) is 11.8 Å². The lowest BCUT2D eigenvalue weighted by Crippen LogP contribution is -2.42. The number of rotatable bonds is 7. The van der Waals surface area contributed by atoms with Gasteiger partial charge in [-0.05, 0) is 61.4 Å². The number of aromatic amines is 1. The van der Waals surface area contributed by atoms with Crippen molar-refractivity contribution in [2.24, 2.45) is 29.6 Å². The fourth-order valence-electron chi connectivity index (χ4n) is 7.58. The van der Waals surface area contributed by atoms with Crippen molar-refractivity contribution in [1.82, 2.24) is 4.98 Å². The number of carbonyl (C=O) groups is 3. The van der Waals surface area contributed by atoms with Gasteiger partial charge in [-0.1, -0.05) is 27.3 Å². The standard InChI is InChI=1S/C29H24BrN3O8S2/c1-2-40-19(34)11-41-18-8-3-12(30)9-15(18)20-21-16-10-17(24(21)42-26-25(20)43-29(37)31-26)23-22(16)27(35)32(28(23)36)13-4-6-14(7-5-13)33(38)39/h3-9,16-17,20-24H,2,10-11H2,1H3,(H,31,37)/t16?,17?,20-,21?,22?,23?,24?/m1/s1. The van der Waals surface area contributed by atoms with E-state index in [1.807, 2.05) is 12.1 Å². The highest BCUT2D eigenvalue weighted by atomic mass is 79.9. The molecule has 11 nitrogen and oxygen atoms in total. The minimum Gasteiger partial charge on any atom is -0.482 e. The Bertz CT molecular complexity index is 1740. The van der Waals surface area contributed by atoms with E-state index in [9.17, 15) is 29.3 Å². The van der Waals surface area contributed by atoms with Crippen molar-refractivity contribution in [2.45, 2.75) is 29.5 Å². The van der Waals surface area contributed by atoms with Crippen LogP contribution in [0.3, 0.4) is 0 Å². The number of non-ortho nitro benzene ring substituents is 1. The number of hydrogen-bond acceptors (Lipinski definition) is 10. The third-order valence-corrected chi connectivity index (χ3v) is 12.1. The van der Waals surface area contributed by atoms with Crippen LogP contribution in [0.1, 0.15) is 29.7 Å². The summed E-state index contributed by atoms with van der Waals surface area (Å²) in [7, 11) is 0. The average Bonchev–Trinajstić information content (AvgIpc) is 3.71. The second-order valence-electron chi connectivity index (χ2n) is 11.0. The first-order chi connectivity index (χ1) is 20.7. The lowest BCUT2D eigenvalue weighted by molar-refractivity contribution is -0.384. The molecule has 2 saturated carbocycles.